The number of hydrogen-bond donors (Lipinski definition) is 1. The van der Waals surface area contributed by atoms with E-state index in [2.05, 4.69) is 6.92 Å². The zero-order valence-electron chi connectivity index (χ0n) is 9.06. The van der Waals surface area contributed by atoms with E-state index in [1.807, 2.05) is 6.92 Å². The summed E-state index contributed by atoms with van der Waals surface area (Å²) in [5.41, 5.74) is 0.283. The standard InChI is InChI=1S/C12H16O3/c1-3-4-9(2)15-11-7-5-10(6-8-11)12(13)14/h5-9H,3-4H2,1-2H3,(H,13,14)/t9-/m0/s1. The number of carboxylic acids is 1. The third kappa shape index (κ3) is 3.62. The summed E-state index contributed by atoms with van der Waals surface area (Å²) in [6.45, 7) is 4.11. The molecule has 1 atom stereocenters. The molecule has 0 saturated heterocycles. The van der Waals surface area contributed by atoms with E-state index in [1.54, 1.807) is 24.3 Å². The van der Waals surface area contributed by atoms with Gasteiger partial charge < -0.3 is 9.84 Å². The minimum absolute atomic E-state index is 0.172. The van der Waals surface area contributed by atoms with Crippen LogP contribution in [0.4, 0.5) is 0 Å². The molecule has 1 N–H and O–H groups in total. The van der Waals surface area contributed by atoms with Crippen molar-refractivity contribution < 1.29 is 14.6 Å². The van der Waals surface area contributed by atoms with E-state index in [1.165, 1.54) is 0 Å². The molecule has 0 heterocycles. The van der Waals surface area contributed by atoms with Crippen molar-refractivity contribution in [3.05, 3.63) is 29.8 Å². The van der Waals surface area contributed by atoms with E-state index < -0.39 is 5.97 Å². The Morgan fingerprint density at radius 3 is 2.47 bits per heavy atom. The fourth-order valence-electron chi connectivity index (χ4n) is 1.37. The largest absolute Gasteiger partial charge is 0.491 e. The molecule has 0 aromatic heterocycles. The van der Waals surface area contributed by atoms with Crippen molar-refractivity contribution >= 4 is 5.97 Å². The summed E-state index contributed by atoms with van der Waals surface area (Å²) in [5, 5.41) is 8.70. The molecule has 3 heteroatoms. The molecule has 0 aliphatic rings. The summed E-state index contributed by atoms with van der Waals surface area (Å²) in [6.07, 6.45) is 2.25. The van der Waals surface area contributed by atoms with Gasteiger partial charge in [-0.15, -0.1) is 0 Å². The van der Waals surface area contributed by atoms with E-state index in [0.717, 1.165) is 18.6 Å². The lowest BCUT2D eigenvalue weighted by molar-refractivity contribution is 0.0697. The van der Waals surface area contributed by atoms with Gasteiger partial charge in [0, 0.05) is 0 Å². The lowest BCUT2D eigenvalue weighted by atomic mass is 10.2. The molecule has 0 aliphatic carbocycles. The molecule has 1 rings (SSSR count). The van der Waals surface area contributed by atoms with Crippen LogP contribution in [0.1, 0.15) is 37.0 Å². The van der Waals surface area contributed by atoms with E-state index in [0.29, 0.717) is 0 Å². The van der Waals surface area contributed by atoms with E-state index in [4.69, 9.17) is 9.84 Å². The molecule has 0 saturated carbocycles. The molecule has 0 spiro atoms. The van der Waals surface area contributed by atoms with Crippen molar-refractivity contribution in [3.63, 3.8) is 0 Å². The zero-order chi connectivity index (χ0) is 11.3. The molecule has 3 nitrogen and oxygen atoms in total. The van der Waals surface area contributed by atoms with Crippen LogP contribution in [0.15, 0.2) is 24.3 Å². The topological polar surface area (TPSA) is 46.5 Å². The van der Waals surface area contributed by atoms with Gasteiger partial charge in [-0.3, -0.25) is 0 Å². The molecule has 0 aliphatic heterocycles. The monoisotopic (exact) mass is 208 g/mol. The Labute approximate surface area is 89.7 Å². The number of carboxylic acid groups (broad SMARTS) is 1. The third-order valence-corrected chi connectivity index (χ3v) is 2.13. The Kier molecular flexibility index (Phi) is 4.16. The summed E-state index contributed by atoms with van der Waals surface area (Å²) in [6, 6.07) is 6.48. The van der Waals surface area contributed by atoms with Gasteiger partial charge in [0.1, 0.15) is 5.75 Å². The first-order valence-corrected chi connectivity index (χ1v) is 5.13. The average Bonchev–Trinajstić information content (AvgIpc) is 2.18. The maximum absolute atomic E-state index is 10.6. The molecule has 1 aromatic rings. The summed E-state index contributed by atoms with van der Waals surface area (Å²) in [4.78, 5) is 10.6. The van der Waals surface area contributed by atoms with Crippen molar-refractivity contribution in [1.82, 2.24) is 0 Å². The van der Waals surface area contributed by atoms with Gasteiger partial charge >= 0.3 is 5.97 Å². The molecule has 0 unspecified atom stereocenters. The van der Waals surface area contributed by atoms with Crippen LogP contribution >= 0.6 is 0 Å². The quantitative estimate of drug-likeness (QED) is 0.809. The average molecular weight is 208 g/mol. The first kappa shape index (κ1) is 11.6. The predicted octanol–water partition coefficient (Wildman–Crippen LogP) is 2.95. The third-order valence-electron chi connectivity index (χ3n) is 2.13. The highest BCUT2D eigenvalue weighted by molar-refractivity contribution is 5.87. The van der Waals surface area contributed by atoms with Crippen molar-refractivity contribution in [2.45, 2.75) is 32.8 Å². The van der Waals surface area contributed by atoms with Gasteiger partial charge in [-0.25, -0.2) is 4.79 Å². The minimum Gasteiger partial charge on any atom is -0.491 e. The van der Waals surface area contributed by atoms with Crippen LogP contribution in [0.2, 0.25) is 0 Å². The van der Waals surface area contributed by atoms with Crippen LogP contribution in [0.5, 0.6) is 5.75 Å². The lowest BCUT2D eigenvalue weighted by Crippen LogP contribution is -2.10. The second kappa shape index (κ2) is 5.39. The van der Waals surface area contributed by atoms with Crippen molar-refractivity contribution in [3.8, 4) is 5.75 Å². The smallest absolute Gasteiger partial charge is 0.335 e. The van der Waals surface area contributed by atoms with Crippen LogP contribution in [0.25, 0.3) is 0 Å². The van der Waals surface area contributed by atoms with Gasteiger partial charge in [-0.2, -0.15) is 0 Å². The van der Waals surface area contributed by atoms with Gasteiger partial charge in [-0.05, 0) is 37.6 Å². The van der Waals surface area contributed by atoms with E-state index in [9.17, 15) is 4.79 Å². The normalized spacial score (nSPS) is 12.1. The Morgan fingerprint density at radius 1 is 1.40 bits per heavy atom. The van der Waals surface area contributed by atoms with Crippen LogP contribution in [0, 0.1) is 0 Å². The summed E-state index contributed by atoms with van der Waals surface area (Å²) < 4.78 is 5.60. The highest BCUT2D eigenvalue weighted by Gasteiger charge is 2.04. The highest BCUT2D eigenvalue weighted by Crippen LogP contribution is 2.15. The van der Waals surface area contributed by atoms with Gasteiger partial charge in [-0.1, -0.05) is 13.3 Å². The first-order chi connectivity index (χ1) is 7.13. The zero-order valence-corrected chi connectivity index (χ0v) is 9.06. The summed E-state index contributed by atoms with van der Waals surface area (Å²) in [5.74, 6) is -0.191. The van der Waals surface area contributed by atoms with Crippen molar-refractivity contribution in [1.29, 1.82) is 0 Å². The van der Waals surface area contributed by atoms with Crippen LogP contribution in [-0.4, -0.2) is 17.2 Å². The number of hydrogen-bond acceptors (Lipinski definition) is 2. The maximum Gasteiger partial charge on any atom is 0.335 e. The number of rotatable bonds is 5. The Morgan fingerprint density at radius 2 is 2.00 bits per heavy atom. The molecule has 0 bridgehead atoms. The second-order valence-electron chi connectivity index (χ2n) is 3.55. The Hall–Kier alpha value is -1.51. The molecule has 0 amide bonds. The minimum atomic E-state index is -0.914. The van der Waals surface area contributed by atoms with Gasteiger partial charge in [0.15, 0.2) is 0 Å². The molecular formula is C12H16O3. The van der Waals surface area contributed by atoms with E-state index in [-0.39, 0.29) is 11.7 Å². The van der Waals surface area contributed by atoms with Crippen LogP contribution in [0.3, 0.4) is 0 Å². The molecule has 1 aromatic carbocycles. The van der Waals surface area contributed by atoms with E-state index >= 15 is 0 Å². The number of benzene rings is 1. The maximum atomic E-state index is 10.6. The fraction of sp³-hybridized carbons (Fsp3) is 0.417. The number of ether oxygens (including phenoxy) is 1. The summed E-state index contributed by atoms with van der Waals surface area (Å²) in [7, 11) is 0. The van der Waals surface area contributed by atoms with Gasteiger partial charge in [0.25, 0.3) is 0 Å². The molecule has 0 fully saturated rings. The SMILES string of the molecule is CCC[C@H](C)Oc1ccc(C(=O)O)cc1. The fourth-order valence-corrected chi connectivity index (χ4v) is 1.37. The van der Waals surface area contributed by atoms with Gasteiger partial charge in [0.2, 0.25) is 0 Å². The first-order valence-electron chi connectivity index (χ1n) is 5.13. The predicted molar refractivity (Wildman–Crippen MR) is 58.4 cm³/mol. The molecule has 82 valence electrons. The summed E-state index contributed by atoms with van der Waals surface area (Å²) >= 11 is 0. The molecule has 0 radical (unpaired) electrons. The van der Waals surface area contributed by atoms with Crippen molar-refractivity contribution in [2.24, 2.45) is 0 Å². The highest BCUT2D eigenvalue weighted by atomic mass is 16.5. The van der Waals surface area contributed by atoms with Crippen LogP contribution < -0.4 is 4.74 Å². The Bertz CT molecular complexity index is 316. The molecular weight excluding hydrogens is 192 g/mol. The van der Waals surface area contributed by atoms with Gasteiger partial charge in [0.05, 0.1) is 11.7 Å². The van der Waals surface area contributed by atoms with Crippen molar-refractivity contribution in [2.75, 3.05) is 0 Å². The van der Waals surface area contributed by atoms with Crippen LogP contribution in [-0.2, 0) is 0 Å². The lowest BCUT2D eigenvalue weighted by Gasteiger charge is -2.13. The Balaban J connectivity index is 2.60. The second-order valence-corrected chi connectivity index (χ2v) is 3.55. The number of carbonyl (C=O) groups is 1. The molecule has 15 heavy (non-hydrogen) atoms. The number of aromatic carboxylic acids is 1.